The summed E-state index contributed by atoms with van der Waals surface area (Å²) in [6.45, 7) is 3.62. The van der Waals surface area contributed by atoms with E-state index in [4.69, 9.17) is 4.52 Å². The predicted octanol–water partition coefficient (Wildman–Crippen LogP) is 1.56. The van der Waals surface area contributed by atoms with E-state index in [1.807, 2.05) is 11.6 Å². The maximum atomic E-state index is 12.0. The largest absolute Gasteiger partial charge is 0.360 e. The van der Waals surface area contributed by atoms with E-state index in [2.05, 4.69) is 26.0 Å². The Balaban J connectivity index is 1.52. The minimum atomic E-state index is -0.230. The number of aryl methyl sites for hydroxylation is 1. The molecule has 112 valence electrons. The van der Waals surface area contributed by atoms with E-state index < -0.39 is 0 Å². The Morgan fingerprint density at radius 3 is 3.10 bits per heavy atom. The summed E-state index contributed by atoms with van der Waals surface area (Å²) in [6.07, 6.45) is 2.26. The number of amides is 1. The highest BCUT2D eigenvalue weighted by Gasteiger charge is 2.28. The standard InChI is InChI=1S/C12H16N6O2S/c1-7-5-10(15-20-7)13-12(19)8(2)21-6-11-14-16-17-18(11)9-3-4-9/h5,8-9H,3-4,6H2,1-2H3,(H,13,15,19)/t8-/m1/s1. The molecule has 0 unspecified atom stereocenters. The van der Waals surface area contributed by atoms with E-state index in [1.54, 1.807) is 13.0 Å². The van der Waals surface area contributed by atoms with E-state index in [9.17, 15) is 4.79 Å². The fourth-order valence-electron chi connectivity index (χ4n) is 1.84. The Hall–Kier alpha value is -1.90. The molecule has 21 heavy (non-hydrogen) atoms. The summed E-state index contributed by atoms with van der Waals surface area (Å²) in [7, 11) is 0. The number of thioether (sulfide) groups is 1. The first-order valence-corrected chi connectivity index (χ1v) is 7.81. The third-order valence-electron chi connectivity index (χ3n) is 3.16. The maximum absolute atomic E-state index is 12.0. The van der Waals surface area contributed by atoms with Crippen LogP contribution in [0.15, 0.2) is 10.6 Å². The normalized spacial score (nSPS) is 15.9. The van der Waals surface area contributed by atoms with Gasteiger partial charge in [-0.25, -0.2) is 4.68 Å². The molecule has 1 N–H and O–H groups in total. The predicted molar refractivity (Wildman–Crippen MR) is 76.7 cm³/mol. The number of carbonyl (C=O) groups excluding carboxylic acids is 1. The molecule has 0 aromatic carbocycles. The topological polar surface area (TPSA) is 98.7 Å². The van der Waals surface area contributed by atoms with Crippen molar-refractivity contribution >= 4 is 23.5 Å². The Labute approximate surface area is 125 Å². The molecular weight excluding hydrogens is 292 g/mol. The van der Waals surface area contributed by atoms with Crippen LogP contribution in [0.1, 0.15) is 37.4 Å². The van der Waals surface area contributed by atoms with E-state index in [-0.39, 0.29) is 11.2 Å². The number of hydrogen-bond acceptors (Lipinski definition) is 7. The van der Waals surface area contributed by atoms with Gasteiger partial charge in [0.1, 0.15) is 5.76 Å². The van der Waals surface area contributed by atoms with Gasteiger partial charge in [-0.2, -0.15) is 0 Å². The Bertz CT molecular complexity index is 635. The number of nitrogens with zero attached hydrogens (tertiary/aromatic N) is 5. The molecule has 1 saturated carbocycles. The Morgan fingerprint density at radius 1 is 1.62 bits per heavy atom. The van der Waals surface area contributed by atoms with E-state index in [0.717, 1.165) is 18.7 Å². The number of tetrazole rings is 1. The lowest BCUT2D eigenvalue weighted by atomic mass is 10.4. The second-order valence-electron chi connectivity index (χ2n) is 5.04. The average molecular weight is 308 g/mol. The van der Waals surface area contributed by atoms with Crippen molar-refractivity contribution in [3.05, 3.63) is 17.7 Å². The van der Waals surface area contributed by atoms with Crippen molar-refractivity contribution in [3.63, 3.8) is 0 Å². The first-order valence-electron chi connectivity index (χ1n) is 6.76. The molecule has 1 amide bonds. The molecule has 8 nitrogen and oxygen atoms in total. The van der Waals surface area contributed by atoms with Crippen LogP contribution < -0.4 is 5.32 Å². The number of carbonyl (C=O) groups is 1. The minimum absolute atomic E-state index is 0.112. The zero-order valence-electron chi connectivity index (χ0n) is 11.8. The quantitative estimate of drug-likeness (QED) is 0.864. The number of aromatic nitrogens is 5. The second-order valence-corrected chi connectivity index (χ2v) is 6.37. The second kappa shape index (κ2) is 5.84. The summed E-state index contributed by atoms with van der Waals surface area (Å²) >= 11 is 1.49. The first kappa shape index (κ1) is 14.1. The third-order valence-corrected chi connectivity index (χ3v) is 4.30. The van der Waals surface area contributed by atoms with Gasteiger partial charge in [0.2, 0.25) is 5.91 Å². The van der Waals surface area contributed by atoms with E-state index in [0.29, 0.717) is 23.4 Å². The molecular formula is C12H16N6O2S. The molecule has 9 heteroatoms. The van der Waals surface area contributed by atoms with Crippen LogP contribution >= 0.6 is 11.8 Å². The van der Waals surface area contributed by atoms with Gasteiger partial charge in [-0.3, -0.25) is 4.79 Å². The molecule has 1 aliphatic carbocycles. The molecule has 2 heterocycles. The van der Waals surface area contributed by atoms with Crippen LogP contribution in [-0.2, 0) is 10.5 Å². The molecule has 3 rings (SSSR count). The van der Waals surface area contributed by atoms with Gasteiger partial charge in [-0.1, -0.05) is 5.16 Å². The summed E-state index contributed by atoms with van der Waals surface area (Å²) in [5.74, 6) is 2.41. The first-order chi connectivity index (χ1) is 10.1. The highest BCUT2D eigenvalue weighted by atomic mass is 32.2. The van der Waals surface area contributed by atoms with Crippen LogP contribution in [0.4, 0.5) is 5.82 Å². The lowest BCUT2D eigenvalue weighted by Gasteiger charge is -2.10. The van der Waals surface area contributed by atoms with Gasteiger partial charge >= 0.3 is 0 Å². The summed E-state index contributed by atoms with van der Waals surface area (Å²) in [6, 6.07) is 2.13. The monoisotopic (exact) mass is 308 g/mol. The summed E-state index contributed by atoms with van der Waals surface area (Å²) in [4.78, 5) is 12.0. The lowest BCUT2D eigenvalue weighted by Crippen LogP contribution is -2.23. The fourth-order valence-corrected chi connectivity index (χ4v) is 2.64. The smallest absolute Gasteiger partial charge is 0.238 e. The zero-order chi connectivity index (χ0) is 14.8. The van der Waals surface area contributed by atoms with Gasteiger partial charge in [0.25, 0.3) is 0 Å². The zero-order valence-corrected chi connectivity index (χ0v) is 12.6. The van der Waals surface area contributed by atoms with Crippen molar-refractivity contribution in [2.45, 2.75) is 43.7 Å². The number of nitrogens with one attached hydrogen (secondary N) is 1. The SMILES string of the molecule is Cc1cc(NC(=O)[C@@H](C)SCc2nnnn2C2CC2)no1. The molecule has 0 radical (unpaired) electrons. The molecule has 1 fully saturated rings. The molecule has 0 saturated heterocycles. The van der Waals surface area contributed by atoms with Gasteiger partial charge in [-0.05, 0) is 37.1 Å². The summed E-state index contributed by atoms with van der Waals surface area (Å²) < 4.78 is 6.77. The Kier molecular flexibility index (Phi) is 3.91. The van der Waals surface area contributed by atoms with Gasteiger partial charge in [0.05, 0.1) is 17.0 Å². The number of anilines is 1. The molecule has 0 spiro atoms. The van der Waals surface area contributed by atoms with Crippen LogP contribution in [0.5, 0.6) is 0 Å². The van der Waals surface area contributed by atoms with Crippen LogP contribution in [0.3, 0.4) is 0 Å². The van der Waals surface area contributed by atoms with E-state index in [1.165, 1.54) is 11.8 Å². The summed E-state index contributed by atoms with van der Waals surface area (Å²) in [5, 5.41) is 17.9. The van der Waals surface area contributed by atoms with Gasteiger partial charge in [0, 0.05) is 6.07 Å². The molecule has 0 bridgehead atoms. The minimum Gasteiger partial charge on any atom is -0.360 e. The highest BCUT2D eigenvalue weighted by Crippen LogP contribution is 2.35. The molecule has 1 atom stereocenters. The van der Waals surface area contributed by atoms with E-state index >= 15 is 0 Å². The maximum Gasteiger partial charge on any atom is 0.238 e. The number of rotatable bonds is 6. The molecule has 2 aromatic heterocycles. The molecule has 0 aliphatic heterocycles. The summed E-state index contributed by atoms with van der Waals surface area (Å²) in [5.41, 5.74) is 0. The van der Waals surface area contributed by atoms with Crippen molar-refractivity contribution in [2.24, 2.45) is 0 Å². The fraction of sp³-hybridized carbons (Fsp3) is 0.583. The van der Waals surface area contributed by atoms with Crippen molar-refractivity contribution in [1.82, 2.24) is 25.4 Å². The Morgan fingerprint density at radius 2 is 2.43 bits per heavy atom. The van der Waals surface area contributed by atoms with Crippen molar-refractivity contribution in [2.75, 3.05) is 5.32 Å². The average Bonchev–Trinajstić information content (AvgIpc) is 3.06. The van der Waals surface area contributed by atoms with Crippen molar-refractivity contribution < 1.29 is 9.32 Å². The van der Waals surface area contributed by atoms with Gasteiger partial charge < -0.3 is 9.84 Å². The molecule has 2 aromatic rings. The van der Waals surface area contributed by atoms with Crippen LogP contribution in [0.25, 0.3) is 0 Å². The van der Waals surface area contributed by atoms with Crippen molar-refractivity contribution in [3.8, 4) is 0 Å². The molecule has 1 aliphatic rings. The van der Waals surface area contributed by atoms with Gasteiger partial charge in [0.15, 0.2) is 11.6 Å². The van der Waals surface area contributed by atoms with Crippen LogP contribution in [0, 0.1) is 6.92 Å². The third kappa shape index (κ3) is 3.41. The lowest BCUT2D eigenvalue weighted by molar-refractivity contribution is -0.115. The highest BCUT2D eigenvalue weighted by molar-refractivity contribution is 7.99. The van der Waals surface area contributed by atoms with Crippen molar-refractivity contribution in [1.29, 1.82) is 0 Å². The van der Waals surface area contributed by atoms with Crippen LogP contribution in [-0.4, -0.2) is 36.5 Å². The van der Waals surface area contributed by atoms with Crippen LogP contribution in [0.2, 0.25) is 0 Å². The number of hydrogen-bond donors (Lipinski definition) is 1. The van der Waals surface area contributed by atoms with Gasteiger partial charge in [-0.15, -0.1) is 16.9 Å².